The fourth-order valence-corrected chi connectivity index (χ4v) is 3.95. The van der Waals surface area contributed by atoms with Gasteiger partial charge in [-0.1, -0.05) is 48.5 Å². The average Bonchev–Trinajstić information content (AvgIpc) is 2.82. The minimum absolute atomic E-state index is 0.0674. The smallest absolute Gasteiger partial charge is 0.328 e. The van der Waals surface area contributed by atoms with E-state index in [0.717, 1.165) is 17.2 Å². The summed E-state index contributed by atoms with van der Waals surface area (Å²) < 4.78 is 11.7. The molecule has 3 aromatic rings. The van der Waals surface area contributed by atoms with Gasteiger partial charge in [0, 0.05) is 30.7 Å². The molecule has 1 aliphatic rings. The van der Waals surface area contributed by atoms with Crippen molar-refractivity contribution in [1.29, 1.82) is 0 Å². The van der Waals surface area contributed by atoms with Crippen molar-refractivity contribution in [3.8, 4) is 11.5 Å². The van der Waals surface area contributed by atoms with Crippen molar-refractivity contribution in [2.45, 2.75) is 31.7 Å². The van der Waals surface area contributed by atoms with Crippen LogP contribution in [-0.2, 0) is 16.1 Å². The fourth-order valence-electron chi connectivity index (χ4n) is 3.95. The number of carboxylic acids is 1. The molecule has 33 heavy (non-hydrogen) atoms. The third kappa shape index (κ3) is 5.80. The monoisotopic (exact) mass is 446 g/mol. The van der Waals surface area contributed by atoms with Crippen LogP contribution < -0.4 is 4.74 Å². The van der Waals surface area contributed by atoms with Gasteiger partial charge in [0.25, 0.3) is 0 Å². The summed E-state index contributed by atoms with van der Waals surface area (Å²) >= 11 is 0. The van der Waals surface area contributed by atoms with Gasteiger partial charge in [-0.25, -0.2) is 4.79 Å². The lowest BCUT2D eigenvalue weighted by Gasteiger charge is -2.27. The first-order valence-electron chi connectivity index (χ1n) is 10.8. The molecule has 1 fully saturated rings. The number of phenols is 1. The lowest BCUT2D eigenvalue weighted by Crippen LogP contribution is -2.23. The Kier molecular flexibility index (Phi) is 7.07. The summed E-state index contributed by atoms with van der Waals surface area (Å²) in [5.74, 6) is -0.696. The zero-order valence-corrected chi connectivity index (χ0v) is 18.1. The molecule has 1 heterocycles. The van der Waals surface area contributed by atoms with Crippen LogP contribution in [0.15, 0.2) is 78.9 Å². The van der Waals surface area contributed by atoms with Crippen LogP contribution in [0.5, 0.6) is 11.5 Å². The standard InChI is InChI=1S/C27H26O6/c28-21-11-12-32-26(14-21)20-8-4-5-18(13-20)17-33-22-9-10-23(25(29)15-22)24(16-27(30)31)19-6-2-1-3-7-19/h1-10,13,15-16,21,26,28-29H,11-12,14,17H2,(H,30,31)/b24-16+. The number of hydrogen-bond donors (Lipinski definition) is 3. The van der Waals surface area contributed by atoms with Crippen LogP contribution in [0.25, 0.3) is 5.57 Å². The molecule has 2 unspecified atom stereocenters. The number of carbonyl (C=O) groups is 1. The van der Waals surface area contributed by atoms with E-state index < -0.39 is 5.97 Å². The number of benzene rings is 3. The Morgan fingerprint density at radius 3 is 2.61 bits per heavy atom. The number of aromatic hydroxyl groups is 1. The van der Waals surface area contributed by atoms with Gasteiger partial charge in [-0.3, -0.25) is 0 Å². The number of aliphatic hydroxyl groups excluding tert-OH is 1. The van der Waals surface area contributed by atoms with E-state index >= 15 is 0 Å². The van der Waals surface area contributed by atoms with Gasteiger partial charge in [-0.15, -0.1) is 0 Å². The Morgan fingerprint density at radius 2 is 1.88 bits per heavy atom. The Bertz CT molecular complexity index is 1140. The van der Waals surface area contributed by atoms with Crippen molar-refractivity contribution in [1.82, 2.24) is 0 Å². The molecule has 0 aliphatic carbocycles. The largest absolute Gasteiger partial charge is 0.507 e. The van der Waals surface area contributed by atoms with Crippen molar-refractivity contribution < 1.29 is 29.6 Å². The molecule has 0 amide bonds. The Labute approximate surface area is 192 Å². The van der Waals surface area contributed by atoms with Gasteiger partial charge in [-0.2, -0.15) is 0 Å². The number of ether oxygens (including phenoxy) is 2. The Hall–Kier alpha value is -3.61. The van der Waals surface area contributed by atoms with E-state index in [1.165, 1.54) is 6.07 Å². The molecule has 0 spiro atoms. The molecule has 2 atom stereocenters. The van der Waals surface area contributed by atoms with E-state index in [1.807, 2.05) is 42.5 Å². The van der Waals surface area contributed by atoms with E-state index in [1.54, 1.807) is 24.3 Å². The van der Waals surface area contributed by atoms with E-state index in [0.29, 0.717) is 48.5 Å². The number of aliphatic hydroxyl groups is 1. The first kappa shape index (κ1) is 22.6. The molecule has 4 rings (SSSR count). The summed E-state index contributed by atoms with van der Waals surface area (Å²) in [6.07, 6.45) is 1.84. The van der Waals surface area contributed by atoms with Crippen LogP contribution in [0.2, 0.25) is 0 Å². The number of carboxylic acid groups (broad SMARTS) is 1. The molecule has 1 saturated heterocycles. The summed E-state index contributed by atoms with van der Waals surface area (Å²) in [5.41, 5.74) is 3.45. The van der Waals surface area contributed by atoms with Gasteiger partial charge < -0.3 is 24.8 Å². The lowest BCUT2D eigenvalue weighted by molar-refractivity contribution is -0.131. The van der Waals surface area contributed by atoms with E-state index in [-0.39, 0.29) is 18.0 Å². The molecule has 170 valence electrons. The van der Waals surface area contributed by atoms with Crippen LogP contribution in [0, 0.1) is 0 Å². The van der Waals surface area contributed by atoms with Crippen LogP contribution in [0.4, 0.5) is 0 Å². The second-order valence-electron chi connectivity index (χ2n) is 8.01. The van der Waals surface area contributed by atoms with Crippen LogP contribution in [0.1, 0.15) is 41.2 Å². The third-order valence-electron chi connectivity index (χ3n) is 5.60. The average molecular weight is 446 g/mol. The van der Waals surface area contributed by atoms with Crippen molar-refractivity contribution in [2.75, 3.05) is 6.61 Å². The van der Waals surface area contributed by atoms with Gasteiger partial charge in [0.15, 0.2) is 0 Å². The highest BCUT2D eigenvalue weighted by Gasteiger charge is 2.22. The SMILES string of the molecule is O=C(O)/C=C(\c1ccccc1)c1ccc(OCc2cccc(C3CC(O)CCO3)c2)cc1O. The number of aliphatic carboxylic acids is 1. The van der Waals surface area contributed by atoms with Gasteiger partial charge in [0.05, 0.1) is 12.2 Å². The summed E-state index contributed by atoms with van der Waals surface area (Å²) in [4.78, 5) is 11.3. The van der Waals surface area contributed by atoms with Gasteiger partial charge >= 0.3 is 5.97 Å². The first-order chi connectivity index (χ1) is 16.0. The summed E-state index contributed by atoms with van der Waals surface area (Å²) in [5, 5.41) is 29.8. The molecule has 6 nitrogen and oxygen atoms in total. The van der Waals surface area contributed by atoms with Crippen molar-refractivity contribution in [2.24, 2.45) is 0 Å². The molecule has 0 saturated carbocycles. The zero-order valence-electron chi connectivity index (χ0n) is 18.1. The van der Waals surface area contributed by atoms with E-state index in [4.69, 9.17) is 9.47 Å². The predicted molar refractivity (Wildman–Crippen MR) is 124 cm³/mol. The molecule has 3 N–H and O–H groups in total. The quantitative estimate of drug-likeness (QED) is 0.455. The predicted octanol–water partition coefficient (Wildman–Crippen LogP) is 4.70. The summed E-state index contributed by atoms with van der Waals surface area (Å²) in [6, 6.07) is 21.8. The molecule has 0 bridgehead atoms. The fraction of sp³-hybridized carbons (Fsp3) is 0.222. The highest BCUT2D eigenvalue weighted by Crippen LogP contribution is 2.34. The van der Waals surface area contributed by atoms with E-state index in [9.17, 15) is 20.1 Å². The number of phenolic OH excluding ortho intramolecular Hbond substituents is 1. The van der Waals surface area contributed by atoms with Crippen molar-refractivity contribution in [3.63, 3.8) is 0 Å². The number of rotatable bonds is 7. The topological polar surface area (TPSA) is 96.2 Å². The molecule has 6 heteroatoms. The highest BCUT2D eigenvalue weighted by atomic mass is 16.5. The maximum Gasteiger partial charge on any atom is 0.328 e. The maximum atomic E-state index is 11.3. The zero-order chi connectivity index (χ0) is 23.2. The highest BCUT2D eigenvalue weighted by molar-refractivity contribution is 5.96. The number of hydrogen-bond acceptors (Lipinski definition) is 5. The second-order valence-corrected chi connectivity index (χ2v) is 8.01. The van der Waals surface area contributed by atoms with Crippen LogP contribution >= 0.6 is 0 Å². The molecule has 0 aromatic heterocycles. The third-order valence-corrected chi connectivity index (χ3v) is 5.60. The summed E-state index contributed by atoms with van der Waals surface area (Å²) in [6.45, 7) is 0.831. The van der Waals surface area contributed by atoms with Gasteiger partial charge in [-0.05, 0) is 46.9 Å². The van der Waals surface area contributed by atoms with Crippen molar-refractivity contribution >= 4 is 11.5 Å². The minimum atomic E-state index is -1.09. The normalized spacial score (nSPS) is 18.6. The maximum absolute atomic E-state index is 11.3. The Balaban J connectivity index is 1.49. The molecule has 0 radical (unpaired) electrons. The Morgan fingerprint density at radius 1 is 1.06 bits per heavy atom. The second kappa shape index (κ2) is 10.3. The van der Waals surface area contributed by atoms with Crippen LogP contribution in [-0.4, -0.2) is 34.0 Å². The van der Waals surface area contributed by atoms with E-state index in [2.05, 4.69) is 0 Å². The molecule has 3 aromatic carbocycles. The molecular formula is C27H26O6. The van der Waals surface area contributed by atoms with Crippen LogP contribution in [0.3, 0.4) is 0 Å². The van der Waals surface area contributed by atoms with Crippen molar-refractivity contribution in [3.05, 3.63) is 101 Å². The lowest BCUT2D eigenvalue weighted by atomic mass is 9.96. The minimum Gasteiger partial charge on any atom is -0.507 e. The molecular weight excluding hydrogens is 420 g/mol. The summed E-state index contributed by atoms with van der Waals surface area (Å²) in [7, 11) is 0. The van der Waals surface area contributed by atoms with Gasteiger partial charge in [0.1, 0.15) is 18.1 Å². The van der Waals surface area contributed by atoms with Gasteiger partial charge in [0.2, 0.25) is 0 Å². The molecule has 1 aliphatic heterocycles. The first-order valence-corrected chi connectivity index (χ1v) is 10.8.